The van der Waals surface area contributed by atoms with Crippen LogP contribution < -0.4 is 5.32 Å². The summed E-state index contributed by atoms with van der Waals surface area (Å²) in [6.45, 7) is 5.40. The van der Waals surface area contributed by atoms with Gasteiger partial charge in [-0.2, -0.15) is 0 Å². The molecule has 0 radical (unpaired) electrons. The van der Waals surface area contributed by atoms with E-state index in [1.807, 2.05) is 0 Å². The number of nitrogens with one attached hydrogen (secondary N) is 1. The molecule has 0 spiro atoms. The van der Waals surface area contributed by atoms with E-state index in [9.17, 15) is 0 Å². The molecule has 0 aromatic heterocycles. The Balaban J connectivity index is 0.00000128. The molecule has 0 aliphatic heterocycles. The van der Waals surface area contributed by atoms with E-state index < -0.39 is 0 Å². The molecule has 0 bridgehead atoms. The number of benzene rings is 1. The van der Waals surface area contributed by atoms with E-state index in [-0.39, 0.29) is 12.4 Å². The lowest BCUT2D eigenvalue weighted by Crippen LogP contribution is -2.25. The molecule has 1 aliphatic rings. The zero-order valence-electron chi connectivity index (χ0n) is 10.3. The van der Waals surface area contributed by atoms with Crippen molar-refractivity contribution < 1.29 is 0 Å². The van der Waals surface area contributed by atoms with Crippen LogP contribution in [-0.4, -0.2) is 6.04 Å². The predicted molar refractivity (Wildman–Crippen MR) is 72.3 cm³/mol. The van der Waals surface area contributed by atoms with Crippen molar-refractivity contribution in [3.8, 4) is 0 Å². The van der Waals surface area contributed by atoms with E-state index in [2.05, 4.69) is 37.4 Å². The van der Waals surface area contributed by atoms with Gasteiger partial charge in [0, 0.05) is 12.6 Å². The van der Waals surface area contributed by atoms with Gasteiger partial charge in [0.25, 0.3) is 0 Å². The Morgan fingerprint density at radius 3 is 2.56 bits per heavy atom. The van der Waals surface area contributed by atoms with E-state index >= 15 is 0 Å². The molecule has 0 atom stereocenters. The van der Waals surface area contributed by atoms with Crippen LogP contribution in [0, 0.1) is 13.8 Å². The number of hydrogen-bond acceptors (Lipinski definition) is 1. The molecule has 1 aromatic carbocycles. The highest BCUT2D eigenvalue weighted by atomic mass is 35.5. The molecular formula is C14H22ClN. The molecule has 1 N–H and O–H groups in total. The Morgan fingerprint density at radius 2 is 1.88 bits per heavy atom. The molecule has 90 valence electrons. The van der Waals surface area contributed by atoms with Crippen LogP contribution >= 0.6 is 12.4 Å². The fourth-order valence-electron chi connectivity index (χ4n) is 2.37. The molecular weight excluding hydrogens is 218 g/mol. The fourth-order valence-corrected chi connectivity index (χ4v) is 2.37. The van der Waals surface area contributed by atoms with Gasteiger partial charge in [0.15, 0.2) is 0 Å². The van der Waals surface area contributed by atoms with Gasteiger partial charge in [0.05, 0.1) is 0 Å². The van der Waals surface area contributed by atoms with Gasteiger partial charge in [-0.05, 0) is 37.8 Å². The second kappa shape index (κ2) is 6.27. The van der Waals surface area contributed by atoms with Gasteiger partial charge in [-0.3, -0.25) is 0 Å². The van der Waals surface area contributed by atoms with Crippen molar-refractivity contribution in [1.82, 2.24) is 5.32 Å². The van der Waals surface area contributed by atoms with E-state index in [1.54, 1.807) is 0 Å². The van der Waals surface area contributed by atoms with Gasteiger partial charge in [-0.25, -0.2) is 0 Å². The van der Waals surface area contributed by atoms with Crippen LogP contribution in [0.3, 0.4) is 0 Å². The molecule has 1 saturated carbocycles. The lowest BCUT2D eigenvalue weighted by molar-refractivity contribution is 0.523. The van der Waals surface area contributed by atoms with Crippen molar-refractivity contribution in [1.29, 1.82) is 0 Å². The van der Waals surface area contributed by atoms with E-state index in [1.165, 1.54) is 42.4 Å². The first-order chi connectivity index (χ1) is 7.25. The maximum atomic E-state index is 3.67. The number of halogens is 1. The monoisotopic (exact) mass is 239 g/mol. The Morgan fingerprint density at radius 1 is 1.19 bits per heavy atom. The Bertz CT molecular complexity index is 330. The van der Waals surface area contributed by atoms with Crippen LogP contribution in [0.5, 0.6) is 0 Å². The second-order valence-electron chi connectivity index (χ2n) is 4.79. The van der Waals surface area contributed by atoms with Crippen molar-refractivity contribution in [2.45, 2.75) is 52.1 Å². The first kappa shape index (κ1) is 13.5. The Hall–Kier alpha value is -0.530. The topological polar surface area (TPSA) is 12.0 Å². The third kappa shape index (κ3) is 3.50. The third-order valence-electron chi connectivity index (χ3n) is 3.44. The van der Waals surface area contributed by atoms with Crippen molar-refractivity contribution in [2.24, 2.45) is 0 Å². The summed E-state index contributed by atoms with van der Waals surface area (Å²) in [5.74, 6) is 0. The Kier molecular flexibility index (Phi) is 5.30. The summed E-state index contributed by atoms with van der Waals surface area (Å²) in [5, 5.41) is 3.67. The number of aryl methyl sites for hydroxylation is 2. The van der Waals surface area contributed by atoms with Gasteiger partial charge in [-0.1, -0.05) is 36.6 Å². The normalized spacial score (nSPS) is 16.1. The van der Waals surface area contributed by atoms with Crippen molar-refractivity contribution in [2.75, 3.05) is 0 Å². The van der Waals surface area contributed by atoms with Crippen LogP contribution in [0.2, 0.25) is 0 Å². The van der Waals surface area contributed by atoms with Gasteiger partial charge < -0.3 is 5.32 Å². The average molecular weight is 240 g/mol. The summed E-state index contributed by atoms with van der Waals surface area (Å²) < 4.78 is 0. The summed E-state index contributed by atoms with van der Waals surface area (Å²) in [6.07, 6.45) is 5.55. The molecule has 0 amide bonds. The number of hydrogen-bond donors (Lipinski definition) is 1. The van der Waals surface area contributed by atoms with Gasteiger partial charge in [0.1, 0.15) is 0 Å². The van der Waals surface area contributed by atoms with Crippen molar-refractivity contribution >= 4 is 12.4 Å². The zero-order chi connectivity index (χ0) is 10.7. The SMILES string of the molecule is Cc1ccc(C)c(CNC2CCCC2)c1.Cl. The molecule has 0 saturated heterocycles. The molecule has 16 heavy (non-hydrogen) atoms. The van der Waals surface area contributed by atoms with Crippen molar-refractivity contribution in [3.63, 3.8) is 0 Å². The van der Waals surface area contributed by atoms with E-state index in [0.29, 0.717) is 0 Å². The summed E-state index contributed by atoms with van der Waals surface area (Å²) in [4.78, 5) is 0. The average Bonchev–Trinajstić information content (AvgIpc) is 2.72. The molecule has 1 nitrogen and oxygen atoms in total. The minimum absolute atomic E-state index is 0. The minimum Gasteiger partial charge on any atom is -0.310 e. The minimum atomic E-state index is 0. The van der Waals surface area contributed by atoms with Crippen molar-refractivity contribution in [3.05, 3.63) is 34.9 Å². The molecule has 0 unspecified atom stereocenters. The number of rotatable bonds is 3. The molecule has 1 aromatic rings. The molecule has 1 fully saturated rings. The largest absolute Gasteiger partial charge is 0.310 e. The lowest BCUT2D eigenvalue weighted by atomic mass is 10.1. The van der Waals surface area contributed by atoms with Gasteiger partial charge in [0.2, 0.25) is 0 Å². The summed E-state index contributed by atoms with van der Waals surface area (Å²) in [5.41, 5.74) is 4.23. The summed E-state index contributed by atoms with van der Waals surface area (Å²) >= 11 is 0. The summed E-state index contributed by atoms with van der Waals surface area (Å²) in [6, 6.07) is 7.48. The predicted octanol–water partition coefficient (Wildman–Crippen LogP) is 3.76. The van der Waals surface area contributed by atoms with E-state index in [4.69, 9.17) is 0 Å². The third-order valence-corrected chi connectivity index (χ3v) is 3.44. The van der Waals surface area contributed by atoms with Crippen LogP contribution in [0.1, 0.15) is 42.4 Å². The van der Waals surface area contributed by atoms with Crippen LogP contribution in [0.4, 0.5) is 0 Å². The summed E-state index contributed by atoms with van der Waals surface area (Å²) in [7, 11) is 0. The first-order valence-electron chi connectivity index (χ1n) is 6.05. The molecule has 0 heterocycles. The van der Waals surface area contributed by atoms with Gasteiger partial charge in [-0.15, -0.1) is 12.4 Å². The first-order valence-corrected chi connectivity index (χ1v) is 6.05. The highest BCUT2D eigenvalue weighted by Gasteiger charge is 2.13. The zero-order valence-corrected chi connectivity index (χ0v) is 11.1. The highest BCUT2D eigenvalue weighted by molar-refractivity contribution is 5.85. The van der Waals surface area contributed by atoms with Crippen LogP contribution in [0.15, 0.2) is 18.2 Å². The van der Waals surface area contributed by atoms with Crippen LogP contribution in [0.25, 0.3) is 0 Å². The maximum absolute atomic E-state index is 3.67. The quantitative estimate of drug-likeness (QED) is 0.847. The fraction of sp³-hybridized carbons (Fsp3) is 0.571. The molecule has 2 heteroatoms. The Labute approximate surface area is 105 Å². The molecule has 1 aliphatic carbocycles. The second-order valence-corrected chi connectivity index (χ2v) is 4.79. The van der Waals surface area contributed by atoms with Gasteiger partial charge >= 0.3 is 0 Å². The standard InChI is InChI=1S/C14H21N.ClH/c1-11-7-8-12(2)13(9-11)10-15-14-5-3-4-6-14;/h7-9,14-15H,3-6,10H2,1-2H3;1H. The maximum Gasteiger partial charge on any atom is 0.0210 e. The lowest BCUT2D eigenvalue weighted by Gasteiger charge is -2.13. The van der Waals surface area contributed by atoms with E-state index in [0.717, 1.165) is 12.6 Å². The highest BCUT2D eigenvalue weighted by Crippen LogP contribution is 2.18. The molecule has 2 rings (SSSR count). The smallest absolute Gasteiger partial charge is 0.0210 e. The van der Waals surface area contributed by atoms with Crippen LogP contribution in [-0.2, 0) is 6.54 Å².